The van der Waals surface area contributed by atoms with E-state index in [1.807, 2.05) is 66.0 Å². The van der Waals surface area contributed by atoms with E-state index in [0.717, 1.165) is 26.5 Å². The summed E-state index contributed by atoms with van der Waals surface area (Å²) in [6.45, 7) is 0. The van der Waals surface area contributed by atoms with Crippen molar-refractivity contribution in [3.05, 3.63) is 92.6 Å². The second-order valence-corrected chi connectivity index (χ2v) is 10.2. The average molecular weight is 567 g/mol. The van der Waals surface area contributed by atoms with Gasteiger partial charge in [-0.05, 0) is 42.5 Å². The van der Waals surface area contributed by atoms with Crippen LogP contribution in [0.1, 0.15) is 5.69 Å². The predicted octanol–water partition coefficient (Wildman–Crippen LogP) is 6.58. The van der Waals surface area contributed by atoms with Gasteiger partial charge in [-0.1, -0.05) is 52.0 Å². The molecular formula is C26H20BrN3O3S2. The molecule has 0 saturated carbocycles. The normalized spacial score (nSPS) is 11.1. The zero-order chi connectivity index (χ0) is 24.4. The Morgan fingerprint density at radius 3 is 2.57 bits per heavy atom. The van der Waals surface area contributed by atoms with Crippen molar-refractivity contribution in [1.82, 2.24) is 14.5 Å². The summed E-state index contributed by atoms with van der Waals surface area (Å²) in [5, 5.41) is 4.02. The van der Waals surface area contributed by atoms with Crippen molar-refractivity contribution in [3.63, 3.8) is 0 Å². The Kier molecular flexibility index (Phi) is 6.90. The number of benzene rings is 3. The van der Waals surface area contributed by atoms with Gasteiger partial charge in [0.2, 0.25) is 0 Å². The molecule has 0 bridgehead atoms. The van der Waals surface area contributed by atoms with E-state index in [0.29, 0.717) is 33.2 Å². The maximum Gasteiger partial charge on any atom is 0.266 e. The van der Waals surface area contributed by atoms with Gasteiger partial charge < -0.3 is 9.47 Å². The Hall–Kier alpha value is -3.14. The molecule has 176 valence electrons. The van der Waals surface area contributed by atoms with Crippen LogP contribution in [0.3, 0.4) is 0 Å². The number of hydrogen-bond acceptors (Lipinski definition) is 7. The molecule has 5 aromatic rings. The lowest BCUT2D eigenvalue weighted by atomic mass is 10.2. The summed E-state index contributed by atoms with van der Waals surface area (Å²) in [5.41, 5.74) is 2.99. The molecule has 0 N–H and O–H groups in total. The second kappa shape index (κ2) is 10.2. The Balaban J connectivity index is 1.53. The van der Waals surface area contributed by atoms with E-state index in [2.05, 4.69) is 15.9 Å². The third-order valence-electron chi connectivity index (χ3n) is 5.36. The van der Waals surface area contributed by atoms with Gasteiger partial charge in [-0.3, -0.25) is 9.36 Å². The third kappa shape index (κ3) is 4.71. The lowest BCUT2D eigenvalue weighted by Crippen LogP contribution is -2.22. The maximum atomic E-state index is 13.5. The van der Waals surface area contributed by atoms with E-state index in [1.54, 1.807) is 36.2 Å². The van der Waals surface area contributed by atoms with Crippen molar-refractivity contribution < 1.29 is 9.47 Å². The van der Waals surface area contributed by atoms with Gasteiger partial charge in [-0.25, -0.2) is 9.97 Å². The first-order chi connectivity index (χ1) is 17.1. The van der Waals surface area contributed by atoms with Crippen LogP contribution in [0, 0.1) is 0 Å². The summed E-state index contributed by atoms with van der Waals surface area (Å²) in [5.74, 6) is 1.92. The van der Waals surface area contributed by atoms with Crippen molar-refractivity contribution in [2.75, 3.05) is 14.2 Å². The summed E-state index contributed by atoms with van der Waals surface area (Å²) >= 11 is 6.54. The smallest absolute Gasteiger partial charge is 0.266 e. The number of hydrogen-bond donors (Lipinski definition) is 0. The molecule has 0 aliphatic rings. The molecule has 3 aromatic carbocycles. The summed E-state index contributed by atoms with van der Waals surface area (Å²) in [6, 6.07) is 20.7. The molecule has 0 atom stereocenters. The van der Waals surface area contributed by atoms with Crippen LogP contribution in [0.25, 0.3) is 27.2 Å². The molecule has 0 unspecified atom stereocenters. The monoisotopic (exact) mass is 565 g/mol. The molecule has 0 aliphatic heterocycles. The van der Waals surface area contributed by atoms with Gasteiger partial charge in [0.15, 0.2) is 5.16 Å². The zero-order valence-corrected chi connectivity index (χ0v) is 22.1. The minimum absolute atomic E-state index is 0.138. The van der Waals surface area contributed by atoms with Gasteiger partial charge in [0.25, 0.3) is 5.56 Å². The molecule has 0 fully saturated rings. The fourth-order valence-electron chi connectivity index (χ4n) is 3.72. The molecule has 6 nitrogen and oxygen atoms in total. The molecule has 9 heteroatoms. The number of halogens is 1. The number of thioether (sulfide) groups is 1. The van der Waals surface area contributed by atoms with Gasteiger partial charge in [-0.2, -0.15) is 0 Å². The SMILES string of the molecule is COc1ccc(Br)cc1-c1nc(CSc2nc3ccccc3c(=O)n2-c2ccccc2OC)cs1. The summed E-state index contributed by atoms with van der Waals surface area (Å²) in [4.78, 5) is 23.2. The van der Waals surface area contributed by atoms with E-state index in [4.69, 9.17) is 19.4 Å². The number of ether oxygens (including phenoxy) is 2. The number of aromatic nitrogens is 3. The number of para-hydroxylation sites is 3. The summed E-state index contributed by atoms with van der Waals surface area (Å²) in [6.07, 6.45) is 0. The first-order valence-corrected chi connectivity index (χ1v) is 13.3. The van der Waals surface area contributed by atoms with E-state index in [9.17, 15) is 4.79 Å². The quantitative estimate of drug-likeness (QED) is 0.164. The van der Waals surface area contributed by atoms with Gasteiger partial charge in [0.1, 0.15) is 16.5 Å². The molecule has 2 aromatic heterocycles. The van der Waals surface area contributed by atoms with Gasteiger partial charge in [-0.15, -0.1) is 11.3 Å². The van der Waals surface area contributed by atoms with E-state index in [-0.39, 0.29) is 5.56 Å². The summed E-state index contributed by atoms with van der Waals surface area (Å²) in [7, 11) is 3.25. The standard InChI is InChI=1S/C26H20BrN3O3S2/c1-32-22-12-11-16(27)13-19(22)24-28-17(14-34-24)15-35-26-29-20-8-4-3-7-18(20)25(31)30(26)21-9-5-6-10-23(21)33-2/h3-14H,15H2,1-2H3. The fraction of sp³-hybridized carbons (Fsp3) is 0.115. The van der Waals surface area contributed by atoms with Crippen molar-refractivity contribution in [2.24, 2.45) is 0 Å². The van der Waals surface area contributed by atoms with Crippen LogP contribution in [0.4, 0.5) is 0 Å². The molecule has 0 radical (unpaired) electrons. The highest BCUT2D eigenvalue weighted by Crippen LogP contribution is 2.36. The van der Waals surface area contributed by atoms with E-state index < -0.39 is 0 Å². The number of rotatable bonds is 7. The Labute approximate surface area is 218 Å². The molecule has 35 heavy (non-hydrogen) atoms. The molecule has 0 saturated heterocycles. The molecule has 2 heterocycles. The van der Waals surface area contributed by atoms with Crippen LogP contribution < -0.4 is 15.0 Å². The van der Waals surface area contributed by atoms with Gasteiger partial charge in [0, 0.05) is 15.6 Å². The largest absolute Gasteiger partial charge is 0.496 e. The zero-order valence-electron chi connectivity index (χ0n) is 18.9. The average Bonchev–Trinajstić information content (AvgIpc) is 3.36. The topological polar surface area (TPSA) is 66.2 Å². The number of methoxy groups -OCH3 is 2. The lowest BCUT2D eigenvalue weighted by Gasteiger charge is -2.15. The van der Waals surface area contributed by atoms with Crippen molar-refractivity contribution in [1.29, 1.82) is 0 Å². The second-order valence-electron chi connectivity index (χ2n) is 7.50. The van der Waals surface area contributed by atoms with Crippen molar-refractivity contribution in [3.8, 4) is 27.8 Å². The Bertz CT molecular complexity index is 1580. The van der Waals surface area contributed by atoms with Crippen LogP contribution in [0.5, 0.6) is 11.5 Å². The minimum Gasteiger partial charge on any atom is -0.496 e. The molecule has 0 spiro atoms. The van der Waals surface area contributed by atoms with Crippen LogP contribution in [0.15, 0.2) is 86.5 Å². The highest BCUT2D eigenvalue weighted by molar-refractivity contribution is 9.10. The van der Waals surface area contributed by atoms with Crippen LogP contribution in [-0.4, -0.2) is 28.8 Å². The number of thiazole rings is 1. The molecule has 5 rings (SSSR count). The highest BCUT2D eigenvalue weighted by atomic mass is 79.9. The van der Waals surface area contributed by atoms with Crippen LogP contribution in [0.2, 0.25) is 0 Å². The van der Waals surface area contributed by atoms with Gasteiger partial charge in [0.05, 0.1) is 42.1 Å². The summed E-state index contributed by atoms with van der Waals surface area (Å²) < 4.78 is 13.6. The minimum atomic E-state index is -0.138. The fourth-order valence-corrected chi connectivity index (χ4v) is 5.92. The molecule has 0 aliphatic carbocycles. The highest BCUT2D eigenvalue weighted by Gasteiger charge is 2.17. The first kappa shape index (κ1) is 23.6. The van der Waals surface area contributed by atoms with Crippen LogP contribution in [-0.2, 0) is 5.75 Å². The molecular weight excluding hydrogens is 546 g/mol. The van der Waals surface area contributed by atoms with Crippen LogP contribution >= 0.6 is 39.0 Å². The van der Waals surface area contributed by atoms with E-state index >= 15 is 0 Å². The number of nitrogens with zero attached hydrogens (tertiary/aromatic N) is 3. The third-order valence-corrected chi connectivity index (χ3v) is 7.75. The van der Waals surface area contributed by atoms with Gasteiger partial charge >= 0.3 is 0 Å². The van der Waals surface area contributed by atoms with Crippen molar-refractivity contribution in [2.45, 2.75) is 10.9 Å². The Morgan fingerprint density at radius 1 is 0.971 bits per heavy atom. The van der Waals surface area contributed by atoms with Crippen molar-refractivity contribution >= 4 is 49.9 Å². The first-order valence-electron chi connectivity index (χ1n) is 10.7. The van der Waals surface area contributed by atoms with E-state index in [1.165, 1.54) is 11.8 Å². The Morgan fingerprint density at radius 2 is 1.74 bits per heavy atom. The maximum absolute atomic E-state index is 13.5. The predicted molar refractivity (Wildman–Crippen MR) is 145 cm³/mol. The lowest BCUT2D eigenvalue weighted by molar-refractivity contribution is 0.411. The molecule has 0 amide bonds. The number of fused-ring (bicyclic) bond motifs is 1.